The predicted octanol–water partition coefficient (Wildman–Crippen LogP) is 1.78. The topological polar surface area (TPSA) is 93.1 Å². The molecule has 6 heteroatoms. The average molecular weight is 260 g/mol. The van der Waals surface area contributed by atoms with Gasteiger partial charge in [0, 0.05) is 12.8 Å². The van der Waals surface area contributed by atoms with Crippen LogP contribution < -0.4 is 0 Å². The highest BCUT2D eigenvalue weighted by Crippen LogP contribution is 2.16. The van der Waals surface area contributed by atoms with Crippen molar-refractivity contribution < 1.29 is 29.3 Å². The van der Waals surface area contributed by atoms with Crippen LogP contribution in [0.1, 0.15) is 46.5 Å². The lowest BCUT2D eigenvalue weighted by molar-refractivity contribution is -0.148. The highest BCUT2D eigenvalue weighted by molar-refractivity contribution is 5.71. The molecule has 0 rings (SSSR count). The second-order valence-electron chi connectivity index (χ2n) is 3.63. The van der Waals surface area contributed by atoms with Gasteiger partial charge >= 0.3 is 17.9 Å². The van der Waals surface area contributed by atoms with Gasteiger partial charge in [0.15, 0.2) is 0 Å². The quantitative estimate of drug-likeness (QED) is 0.535. The van der Waals surface area contributed by atoms with Gasteiger partial charge in [0.1, 0.15) is 6.10 Å². The fourth-order valence-electron chi connectivity index (χ4n) is 1.08. The van der Waals surface area contributed by atoms with Gasteiger partial charge < -0.3 is 19.7 Å². The van der Waals surface area contributed by atoms with Crippen molar-refractivity contribution in [2.45, 2.75) is 52.6 Å². The summed E-state index contributed by atoms with van der Waals surface area (Å²) in [5.41, 5.74) is 0. The molecule has 0 aliphatic carbocycles. The van der Waals surface area contributed by atoms with Crippen molar-refractivity contribution in [3.63, 3.8) is 0 Å². The van der Waals surface area contributed by atoms with E-state index in [2.05, 4.69) is 4.74 Å². The zero-order valence-corrected chi connectivity index (χ0v) is 10.9. The Balaban J connectivity index is 4.97. The summed E-state index contributed by atoms with van der Waals surface area (Å²) in [7, 11) is 0. The van der Waals surface area contributed by atoms with Crippen LogP contribution in [0, 0.1) is 0 Å². The van der Waals surface area contributed by atoms with Gasteiger partial charge in [-0.2, -0.15) is 0 Å². The van der Waals surface area contributed by atoms with Crippen molar-refractivity contribution in [1.82, 2.24) is 0 Å². The van der Waals surface area contributed by atoms with Crippen LogP contribution in [0.2, 0.25) is 0 Å². The smallest absolute Gasteiger partial charge is 0.327 e. The molecular weight excluding hydrogens is 240 g/mol. The summed E-state index contributed by atoms with van der Waals surface area (Å²) in [6.07, 6.45) is -0.154. The van der Waals surface area contributed by atoms with Crippen molar-refractivity contribution >= 4 is 11.9 Å². The van der Waals surface area contributed by atoms with Gasteiger partial charge in [0.05, 0.1) is 0 Å². The molecule has 0 amide bonds. The van der Waals surface area contributed by atoms with Gasteiger partial charge in [-0.25, -0.2) is 0 Å². The maximum Gasteiger partial charge on any atom is 0.327 e. The van der Waals surface area contributed by atoms with Crippen molar-refractivity contribution in [2.24, 2.45) is 0 Å². The number of ether oxygens (including phenoxy) is 2. The predicted molar refractivity (Wildman–Crippen MR) is 63.3 cm³/mol. The average Bonchev–Trinajstić information content (AvgIpc) is 2.35. The zero-order chi connectivity index (χ0) is 14.1. The molecule has 0 spiro atoms. The lowest BCUT2D eigenvalue weighted by atomic mass is 10.2. The molecule has 0 saturated heterocycles. The fourth-order valence-corrected chi connectivity index (χ4v) is 1.08. The van der Waals surface area contributed by atoms with Gasteiger partial charge in [0.2, 0.25) is 5.76 Å². The molecule has 0 aliphatic heterocycles. The van der Waals surface area contributed by atoms with E-state index in [1.54, 1.807) is 13.8 Å². The van der Waals surface area contributed by atoms with Crippen molar-refractivity contribution in [3.05, 3.63) is 11.7 Å². The normalized spacial score (nSPS) is 13.6. The minimum absolute atomic E-state index is 0.0585. The second kappa shape index (κ2) is 8.52. The number of esters is 2. The molecule has 0 heterocycles. The monoisotopic (exact) mass is 260 g/mol. The largest absolute Gasteiger partial charge is 0.478 e. The standard InChI is InChI=1S/C12H20O6/c1-4-7-8(13)11(17-9(14)5-2)12(16)18-10(15)6-3/h8,13,16H,4-7H2,1-3H3/b12-11+. The number of carbonyl (C=O) groups is 2. The highest BCUT2D eigenvalue weighted by Gasteiger charge is 2.23. The van der Waals surface area contributed by atoms with E-state index in [0.717, 1.165) is 0 Å². The number of aliphatic hydroxyl groups excluding tert-OH is 2. The number of carbonyl (C=O) groups excluding carboxylic acids is 2. The first-order valence-electron chi connectivity index (χ1n) is 5.98. The Morgan fingerprint density at radius 1 is 1.06 bits per heavy atom. The van der Waals surface area contributed by atoms with E-state index in [-0.39, 0.29) is 19.3 Å². The Bertz CT molecular complexity index is 321. The molecule has 0 aromatic carbocycles. The lowest BCUT2D eigenvalue weighted by Crippen LogP contribution is -2.20. The van der Waals surface area contributed by atoms with Gasteiger partial charge in [0.25, 0.3) is 0 Å². The molecule has 2 N–H and O–H groups in total. The molecule has 1 unspecified atom stereocenters. The Labute approximate surface area is 106 Å². The number of aliphatic hydroxyl groups is 2. The Morgan fingerprint density at radius 3 is 2.00 bits per heavy atom. The van der Waals surface area contributed by atoms with E-state index in [1.165, 1.54) is 0 Å². The zero-order valence-electron chi connectivity index (χ0n) is 10.9. The first-order valence-corrected chi connectivity index (χ1v) is 5.98. The van der Waals surface area contributed by atoms with Gasteiger partial charge in [-0.3, -0.25) is 9.59 Å². The fraction of sp³-hybridized carbons (Fsp3) is 0.667. The van der Waals surface area contributed by atoms with Crippen LogP contribution >= 0.6 is 0 Å². The molecule has 6 nitrogen and oxygen atoms in total. The second-order valence-corrected chi connectivity index (χ2v) is 3.63. The van der Waals surface area contributed by atoms with Crippen molar-refractivity contribution in [2.75, 3.05) is 0 Å². The van der Waals surface area contributed by atoms with Crippen molar-refractivity contribution in [1.29, 1.82) is 0 Å². The van der Waals surface area contributed by atoms with Crippen LogP contribution in [0.25, 0.3) is 0 Å². The van der Waals surface area contributed by atoms with Crippen LogP contribution in [0.15, 0.2) is 11.7 Å². The molecule has 0 bridgehead atoms. The van der Waals surface area contributed by atoms with E-state index in [4.69, 9.17) is 4.74 Å². The molecule has 0 aliphatic rings. The van der Waals surface area contributed by atoms with E-state index in [9.17, 15) is 19.8 Å². The van der Waals surface area contributed by atoms with E-state index in [1.807, 2.05) is 6.92 Å². The first-order chi connectivity index (χ1) is 8.46. The molecular formula is C12H20O6. The van der Waals surface area contributed by atoms with E-state index in [0.29, 0.717) is 6.42 Å². The van der Waals surface area contributed by atoms with Crippen molar-refractivity contribution in [3.8, 4) is 0 Å². The van der Waals surface area contributed by atoms with Crippen LogP contribution in [-0.4, -0.2) is 28.3 Å². The molecule has 0 aromatic rings. The van der Waals surface area contributed by atoms with Gasteiger partial charge in [-0.1, -0.05) is 27.2 Å². The third-order valence-electron chi connectivity index (χ3n) is 2.09. The third-order valence-corrected chi connectivity index (χ3v) is 2.09. The molecule has 0 fully saturated rings. The summed E-state index contributed by atoms with van der Waals surface area (Å²) >= 11 is 0. The van der Waals surface area contributed by atoms with Crippen LogP contribution in [0.4, 0.5) is 0 Å². The van der Waals surface area contributed by atoms with E-state index >= 15 is 0 Å². The highest BCUT2D eigenvalue weighted by atomic mass is 16.6. The minimum Gasteiger partial charge on any atom is -0.478 e. The van der Waals surface area contributed by atoms with Crippen LogP contribution in [0.5, 0.6) is 0 Å². The van der Waals surface area contributed by atoms with E-state index < -0.39 is 29.7 Å². The first kappa shape index (κ1) is 16.4. The number of rotatable bonds is 7. The van der Waals surface area contributed by atoms with Gasteiger partial charge in [-0.15, -0.1) is 0 Å². The maximum absolute atomic E-state index is 11.2. The molecule has 18 heavy (non-hydrogen) atoms. The molecule has 0 radical (unpaired) electrons. The Hall–Kier alpha value is -1.56. The maximum atomic E-state index is 11.2. The summed E-state index contributed by atoms with van der Waals surface area (Å²) in [5, 5.41) is 19.3. The number of hydrogen-bond donors (Lipinski definition) is 2. The lowest BCUT2D eigenvalue weighted by Gasteiger charge is -2.15. The summed E-state index contributed by atoms with van der Waals surface area (Å²) in [6.45, 7) is 4.94. The van der Waals surface area contributed by atoms with Crippen LogP contribution in [0.3, 0.4) is 0 Å². The third kappa shape index (κ3) is 5.67. The molecule has 0 saturated carbocycles. The van der Waals surface area contributed by atoms with Gasteiger partial charge in [-0.05, 0) is 6.42 Å². The summed E-state index contributed by atoms with van der Waals surface area (Å²) in [4.78, 5) is 22.2. The minimum atomic E-state index is -1.19. The molecule has 0 aromatic heterocycles. The SMILES string of the molecule is CCCC(O)/C(OC(=O)CC)=C(/O)OC(=O)CC. The number of hydrogen-bond acceptors (Lipinski definition) is 6. The molecule has 104 valence electrons. The summed E-state index contributed by atoms with van der Waals surface area (Å²) in [5.74, 6) is -2.57. The van der Waals surface area contributed by atoms with Crippen LogP contribution in [-0.2, 0) is 19.1 Å². The summed E-state index contributed by atoms with van der Waals surface area (Å²) < 4.78 is 9.32. The Morgan fingerprint density at radius 2 is 1.56 bits per heavy atom. The summed E-state index contributed by atoms with van der Waals surface area (Å²) in [6, 6.07) is 0. The molecule has 1 atom stereocenters. The Kier molecular flexibility index (Phi) is 7.78.